The number of rotatable bonds is 34. The maximum atomic E-state index is 14.6. The summed E-state index contributed by atoms with van der Waals surface area (Å²) in [6, 6.07) is 4.26. The van der Waals surface area contributed by atoms with Crippen LogP contribution in [0.4, 0.5) is 0 Å². The van der Waals surface area contributed by atoms with Crippen molar-refractivity contribution in [2.45, 2.75) is 180 Å². The molecule has 2 aromatic rings. The van der Waals surface area contributed by atoms with E-state index in [1.165, 1.54) is 4.90 Å². The van der Waals surface area contributed by atoms with Gasteiger partial charge in [0.05, 0.1) is 13.0 Å². The fourth-order valence-electron chi connectivity index (χ4n) is 9.16. The SMILES string of the molecule is CCOc1ccc(C[C@@H](NC(=O)CC)C(=O)N[C@@H](Cc2ccc(C(C)(C)C)cc2)C(=O)N[C@H](C(=O)N[C@@H](CC(N)=O)C(=O)N[C@@H](CC)C(=O)N2CCC[C@H]2C(=O)N[C@@H](CCCN=C(N)N)C(=O)N[C@@H](CCCN=C(N)N)C(N)=O)C(C)C)cc1. The minimum Gasteiger partial charge on any atom is -0.494 e. The van der Waals surface area contributed by atoms with Crippen LogP contribution in [0.25, 0.3) is 0 Å². The third-order valence-corrected chi connectivity index (χ3v) is 13.9. The highest BCUT2D eigenvalue weighted by molar-refractivity contribution is 5.99. The van der Waals surface area contributed by atoms with E-state index in [1.54, 1.807) is 52.0 Å². The van der Waals surface area contributed by atoms with Crippen molar-refractivity contribution in [2.75, 3.05) is 26.2 Å². The van der Waals surface area contributed by atoms with Gasteiger partial charge in [0, 0.05) is 38.9 Å². The number of ether oxygens (including phenoxy) is 1. The molecule has 0 bridgehead atoms. The summed E-state index contributed by atoms with van der Waals surface area (Å²) in [6.45, 7) is 15.3. The number of carbonyl (C=O) groups excluding carboxylic acids is 10. The van der Waals surface area contributed by atoms with Crippen molar-refractivity contribution in [1.29, 1.82) is 0 Å². The standard InChI is InChI=1S/C57H90N16O11/c1-9-37(54(83)73-28-14-17-43(73)52(81)69-39(16-13-27-65-56(62)63)48(77)68-38(47(59)76)15-12-26-64-55(60)61)67-50(79)42(31-44(58)74)71-53(82)46(32(4)5)72-51(80)41(30-33-18-22-35(23-19-33)57(6,7)8)70-49(78)40(66-45(75)10-2)29-34-20-24-36(25-21-34)84-11-3/h18-25,32,37-43,46H,9-17,26-31H2,1-8H3,(H2,58,74)(H2,59,76)(H,66,75)(H,67,79)(H,68,77)(H,69,81)(H,70,78)(H,71,82)(H,72,80)(H4,60,61,64)(H4,62,63,65)/t37-,38-,39-,40+,41-,42-,43-,46-/m0/s1. The lowest BCUT2D eigenvalue weighted by Gasteiger charge is -2.31. The Balaban J connectivity index is 1.87. The first-order chi connectivity index (χ1) is 39.6. The van der Waals surface area contributed by atoms with E-state index in [0.717, 1.165) is 5.56 Å². The van der Waals surface area contributed by atoms with Gasteiger partial charge in [-0.25, -0.2) is 0 Å². The number of amides is 10. The highest BCUT2D eigenvalue weighted by Crippen LogP contribution is 2.24. The van der Waals surface area contributed by atoms with Gasteiger partial charge in [-0.2, -0.15) is 0 Å². The minimum atomic E-state index is -1.66. The van der Waals surface area contributed by atoms with Gasteiger partial charge in [0.1, 0.15) is 54.1 Å². The van der Waals surface area contributed by atoms with Crippen LogP contribution >= 0.6 is 0 Å². The van der Waals surface area contributed by atoms with Crippen LogP contribution in [0.1, 0.15) is 130 Å². The number of nitrogens with two attached hydrogens (primary N) is 6. The molecule has 1 heterocycles. The Labute approximate surface area is 491 Å². The van der Waals surface area contributed by atoms with Crippen molar-refractivity contribution in [2.24, 2.45) is 50.3 Å². The zero-order valence-electron chi connectivity index (χ0n) is 49.7. The molecule has 1 aliphatic heterocycles. The monoisotopic (exact) mass is 1170 g/mol. The van der Waals surface area contributed by atoms with E-state index in [-0.39, 0.29) is 94.8 Å². The molecule has 1 fully saturated rings. The lowest BCUT2D eigenvalue weighted by atomic mass is 9.86. The van der Waals surface area contributed by atoms with Crippen LogP contribution < -0.4 is 76.4 Å². The topological polar surface area (TPSA) is 448 Å². The van der Waals surface area contributed by atoms with Gasteiger partial charge in [-0.1, -0.05) is 84.9 Å². The molecule has 27 nitrogen and oxygen atoms in total. The third kappa shape index (κ3) is 23.4. The molecule has 10 amide bonds. The molecule has 0 aromatic heterocycles. The van der Waals surface area contributed by atoms with E-state index in [1.807, 2.05) is 31.2 Å². The summed E-state index contributed by atoms with van der Waals surface area (Å²) < 4.78 is 5.56. The van der Waals surface area contributed by atoms with Crippen LogP contribution in [0.2, 0.25) is 0 Å². The Morgan fingerprint density at radius 1 is 0.607 bits per heavy atom. The van der Waals surface area contributed by atoms with Gasteiger partial charge in [-0.3, -0.25) is 57.9 Å². The van der Waals surface area contributed by atoms with Crippen LogP contribution in [-0.4, -0.2) is 150 Å². The average Bonchev–Trinajstić information content (AvgIpc) is 3.33. The summed E-state index contributed by atoms with van der Waals surface area (Å²) in [6.07, 6.45) is 0.484. The third-order valence-electron chi connectivity index (χ3n) is 13.9. The smallest absolute Gasteiger partial charge is 0.245 e. The van der Waals surface area contributed by atoms with E-state index in [9.17, 15) is 47.9 Å². The van der Waals surface area contributed by atoms with Crippen molar-refractivity contribution < 1.29 is 52.7 Å². The molecule has 0 aliphatic carbocycles. The highest BCUT2D eigenvalue weighted by Gasteiger charge is 2.40. The Bertz CT molecular complexity index is 2630. The predicted molar refractivity (Wildman–Crippen MR) is 317 cm³/mol. The number of hydrogen-bond acceptors (Lipinski definition) is 13. The van der Waals surface area contributed by atoms with Crippen molar-refractivity contribution in [3.8, 4) is 5.75 Å². The largest absolute Gasteiger partial charge is 0.494 e. The van der Waals surface area contributed by atoms with E-state index >= 15 is 0 Å². The fraction of sp³-hybridized carbons (Fsp3) is 0.579. The lowest BCUT2D eigenvalue weighted by molar-refractivity contribution is -0.143. The molecule has 2 aromatic carbocycles. The number of nitrogens with zero attached hydrogens (tertiary/aromatic N) is 3. The van der Waals surface area contributed by atoms with Crippen LogP contribution in [0, 0.1) is 5.92 Å². The summed E-state index contributed by atoms with van der Waals surface area (Å²) in [5.41, 5.74) is 35.1. The molecule has 1 aliphatic rings. The lowest BCUT2D eigenvalue weighted by Crippen LogP contribution is -2.61. The van der Waals surface area contributed by atoms with Crippen LogP contribution in [0.3, 0.4) is 0 Å². The average molecular weight is 1180 g/mol. The Morgan fingerprint density at radius 2 is 1.10 bits per heavy atom. The summed E-state index contributed by atoms with van der Waals surface area (Å²) in [5.74, 6) is -8.08. The molecule has 19 N–H and O–H groups in total. The number of likely N-dealkylation sites (tertiary alicyclic amines) is 1. The normalized spacial score (nSPS) is 15.5. The van der Waals surface area contributed by atoms with E-state index in [4.69, 9.17) is 39.1 Å². The summed E-state index contributed by atoms with van der Waals surface area (Å²) >= 11 is 0. The number of hydrogen-bond donors (Lipinski definition) is 13. The molecule has 0 unspecified atom stereocenters. The number of carbonyl (C=O) groups is 10. The highest BCUT2D eigenvalue weighted by atomic mass is 16.5. The quantitative estimate of drug-likeness (QED) is 0.0215. The molecular formula is C57H90N16O11. The molecule has 0 saturated carbocycles. The van der Waals surface area contributed by atoms with E-state index < -0.39 is 120 Å². The summed E-state index contributed by atoms with van der Waals surface area (Å²) in [4.78, 5) is 146. The molecule has 0 spiro atoms. The number of guanidine groups is 2. The zero-order chi connectivity index (χ0) is 62.8. The molecule has 84 heavy (non-hydrogen) atoms. The van der Waals surface area contributed by atoms with E-state index in [2.05, 4.69) is 68.0 Å². The molecule has 464 valence electrons. The van der Waals surface area contributed by atoms with Gasteiger partial charge in [-0.05, 0) is 92.0 Å². The Morgan fingerprint density at radius 3 is 1.60 bits per heavy atom. The van der Waals surface area contributed by atoms with Crippen molar-refractivity contribution >= 4 is 71.0 Å². The Kier molecular flexibility index (Phi) is 28.4. The maximum Gasteiger partial charge on any atom is 0.245 e. The molecule has 1 saturated heterocycles. The fourth-order valence-corrected chi connectivity index (χ4v) is 9.16. The number of primary amides is 2. The second-order valence-electron chi connectivity index (χ2n) is 22.0. The second-order valence-corrected chi connectivity index (χ2v) is 22.0. The van der Waals surface area contributed by atoms with Crippen molar-refractivity contribution in [1.82, 2.24) is 42.1 Å². The predicted octanol–water partition coefficient (Wildman–Crippen LogP) is -1.50. The first kappa shape index (κ1) is 69.7. The number of nitrogens with one attached hydrogen (secondary N) is 7. The molecule has 8 atom stereocenters. The maximum absolute atomic E-state index is 14.6. The van der Waals surface area contributed by atoms with Gasteiger partial charge in [0.2, 0.25) is 59.1 Å². The molecule has 0 radical (unpaired) electrons. The minimum absolute atomic E-state index is 0.00633. The van der Waals surface area contributed by atoms with Gasteiger partial charge in [0.15, 0.2) is 11.9 Å². The molecule has 3 rings (SSSR count). The van der Waals surface area contributed by atoms with Crippen LogP contribution in [0.5, 0.6) is 5.75 Å². The first-order valence-electron chi connectivity index (χ1n) is 28.5. The number of aliphatic imine (C=N–C) groups is 2. The van der Waals surface area contributed by atoms with Crippen molar-refractivity contribution in [3.05, 3.63) is 65.2 Å². The number of benzene rings is 2. The summed E-state index contributed by atoms with van der Waals surface area (Å²) in [5, 5.41) is 18.7. The first-order valence-corrected chi connectivity index (χ1v) is 28.5. The summed E-state index contributed by atoms with van der Waals surface area (Å²) in [7, 11) is 0. The van der Waals surface area contributed by atoms with E-state index in [0.29, 0.717) is 29.9 Å². The Hall–Kier alpha value is -8.52. The second kappa shape index (κ2) is 34.2. The van der Waals surface area contributed by atoms with Gasteiger partial charge < -0.3 is 81.3 Å². The molecular weight excluding hydrogens is 1080 g/mol. The van der Waals surface area contributed by atoms with Gasteiger partial charge >= 0.3 is 0 Å². The zero-order valence-corrected chi connectivity index (χ0v) is 49.7. The van der Waals surface area contributed by atoms with Crippen molar-refractivity contribution in [3.63, 3.8) is 0 Å². The van der Waals surface area contributed by atoms with Gasteiger partial charge in [0.25, 0.3) is 0 Å². The van der Waals surface area contributed by atoms with Crippen LogP contribution in [0.15, 0.2) is 58.5 Å². The van der Waals surface area contributed by atoms with Crippen LogP contribution in [-0.2, 0) is 66.2 Å². The van der Waals surface area contributed by atoms with Gasteiger partial charge in [-0.15, -0.1) is 0 Å². The molecule has 27 heteroatoms.